The van der Waals surface area contributed by atoms with Crippen LogP contribution >= 0.6 is 0 Å². The molecule has 1 amide bonds. The third kappa shape index (κ3) is 1.50. The second-order valence-corrected chi connectivity index (χ2v) is 3.72. The Bertz CT molecular complexity index is 346. The van der Waals surface area contributed by atoms with Crippen LogP contribution in [0.4, 0.5) is 5.82 Å². The van der Waals surface area contributed by atoms with Crippen LogP contribution in [-0.2, 0) is 4.79 Å². The molecule has 76 valence electrons. The lowest BCUT2D eigenvalue weighted by Crippen LogP contribution is -2.26. The number of carbonyl (C=O) groups is 1. The highest BCUT2D eigenvalue weighted by Crippen LogP contribution is 2.22. The van der Waals surface area contributed by atoms with Crippen molar-refractivity contribution in [2.24, 2.45) is 11.7 Å². The molecule has 1 aromatic rings. The minimum absolute atomic E-state index is 0.118. The van der Waals surface area contributed by atoms with Gasteiger partial charge < -0.3 is 5.73 Å². The molecule has 14 heavy (non-hydrogen) atoms. The van der Waals surface area contributed by atoms with E-state index in [9.17, 15) is 4.79 Å². The van der Waals surface area contributed by atoms with Crippen LogP contribution in [0, 0.1) is 12.8 Å². The standard InChI is InChI=1S/C9H14N4O/c1-6-2-8(12-11-6)13-5-7(4-10)3-9(13)14/h2,7H,3-5,10H2,1H3,(H,11,12). The molecule has 1 aliphatic heterocycles. The van der Waals surface area contributed by atoms with E-state index in [4.69, 9.17) is 5.73 Å². The Morgan fingerprint density at radius 3 is 3.07 bits per heavy atom. The molecule has 5 heteroatoms. The second kappa shape index (κ2) is 3.42. The molecule has 3 N–H and O–H groups in total. The lowest BCUT2D eigenvalue weighted by atomic mass is 10.1. The first-order chi connectivity index (χ1) is 6.70. The van der Waals surface area contributed by atoms with E-state index in [1.807, 2.05) is 13.0 Å². The number of H-pyrrole nitrogens is 1. The van der Waals surface area contributed by atoms with Crippen molar-refractivity contribution in [3.63, 3.8) is 0 Å². The highest BCUT2D eigenvalue weighted by atomic mass is 16.2. The zero-order valence-corrected chi connectivity index (χ0v) is 8.16. The number of nitrogens with one attached hydrogen (secondary N) is 1. The Kier molecular flexibility index (Phi) is 2.25. The Labute approximate surface area is 82.3 Å². The predicted molar refractivity (Wildman–Crippen MR) is 52.8 cm³/mol. The first-order valence-corrected chi connectivity index (χ1v) is 4.73. The largest absolute Gasteiger partial charge is 0.330 e. The van der Waals surface area contributed by atoms with Crippen LogP contribution < -0.4 is 10.6 Å². The summed E-state index contributed by atoms with van der Waals surface area (Å²) in [6.07, 6.45) is 0.544. The normalized spacial score (nSPS) is 22.0. The van der Waals surface area contributed by atoms with Crippen molar-refractivity contribution in [2.75, 3.05) is 18.0 Å². The van der Waals surface area contributed by atoms with Gasteiger partial charge in [0.15, 0.2) is 5.82 Å². The van der Waals surface area contributed by atoms with Gasteiger partial charge in [-0.15, -0.1) is 0 Å². The summed E-state index contributed by atoms with van der Waals surface area (Å²) in [5, 5.41) is 6.88. The summed E-state index contributed by atoms with van der Waals surface area (Å²) >= 11 is 0. The number of amides is 1. The molecular weight excluding hydrogens is 180 g/mol. The van der Waals surface area contributed by atoms with Gasteiger partial charge in [0.1, 0.15) is 0 Å². The van der Waals surface area contributed by atoms with Crippen LogP contribution in [0.5, 0.6) is 0 Å². The van der Waals surface area contributed by atoms with Crippen LogP contribution in [0.15, 0.2) is 6.07 Å². The molecule has 0 aromatic carbocycles. The average Bonchev–Trinajstić information content (AvgIpc) is 2.71. The SMILES string of the molecule is Cc1cc(N2CC(CN)CC2=O)n[nH]1. The zero-order valence-electron chi connectivity index (χ0n) is 8.16. The molecule has 0 radical (unpaired) electrons. The zero-order chi connectivity index (χ0) is 10.1. The number of aromatic amines is 1. The van der Waals surface area contributed by atoms with Gasteiger partial charge in [0.25, 0.3) is 0 Å². The maximum Gasteiger partial charge on any atom is 0.228 e. The summed E-state index contributed by atoms with van der Waals surface area (Å²) in [4.78, 5) is 13.3. The van der Waals surface area contributed by atoms with Crippen LogP contribution in [0.3, 0.4) is 0 Å². The van der Waals surface area contributed by atoms with Crippen LogP contribution in [0.1, 0.15) is 12.1 Å². The number of aromatic nitrogens is 2. The van der Waals surface area contributed by atoms with E-state index in [1.54, 1.807) is 4.90 Å². The Morgan fingerprint density at radius 1 is 1.79 bits per heavy atom. The number of carbonyl (C=O) groups excluding carboxylic acids is 1. The maximum absolute atomic E-state index is 11.6. The van der Waals surface area contributed by atoms with Crippen molar-refractivity contribution in [1.29, 1.82) is 0 Å². The molecule has 0 saturated carbocycles. The molecule has 1 unspecified atom stereocenters. The van der Waals surface area contributed by atoms with Crippen molar-refractivity contribution < 1.29 is 4.79 Å². The highest BCUT2D eigenvalue weighted by molar-refractivity contribution is 5.94. The summed E-state index contributed by atoms with van der Waals surface area (Å²) < 4.78 is 0. The van der Waals surface area contributed by atoms with E-state index in [2.05, 4.69) is 10.2 Å². The molecule has 2 heterocycles. The third-order valence-electron chi connectivity index (χ3n) is 2.51. The van der Waals surface area contributed by atoms with Gasteiger partial charge in [-0.1, -0.05) is 0 Å². The van der Waals surface area contributed by atoms with Crippen molar-refractivity contribution in [3.05, 3.63) is 11.8 Å². The fraction of sp³-hybridized carbons (Fsp3) is 0.556. The van der Waals surface area contributed by atoms with E-state index < -0.39 is 0 Å². The number of hydrogen-bond acceptors (Lipinski definition) is 3. The molecule has 1 atom stereocenters. The van der Waals surface area contributed by atoms with Gasteiger partial charge in [-0.05, 0) is 19.4 Å². The quantitative estimate of drug-likeness (QED) is 0.697. The average molecular weight is 194 g/mol. The van der Waals surface area contributed by atoms with Crippen LogP contribution in [0.2, 0.25) is 0 Å². The van der Waals surface area contributed by atoms with E-state index in [0.717, 1.165) is 5.69 Å². The van der Waals surface area contributed by atoms with Gasteiger partial charge >= 0.3 is 0 Å². The van der Waals surface area contributed by atoms with Gasteiger partial charge in [-0.3, -0.25) is 14.8 Å². The van der Waals surface area contributed by atoms with Crippen molar-refractivity contribution in [2.45, 2.75) is 13.3 Å². The monoisotopic (exact) mass is 194 g/mol. The topological polar surface area (TPSA) is 75.0 Å². The molecule has 1 aliphatic rings. The fourth-order valence-electron chi connectivity index (χ4n) is 1.70. The molecule has 0 aliphatic carbocycles. The summed E-state index contributed by atoms with van der Waals surface area (Å²) in [6, 6.07) is 1.87. The van der Waals surface area contributed by atoms with Crippen molar-refractivity contribution in [1.82, 2.24) is 10.2 Å². The van der Waals surface area contributed by atoms with Gasteiger partial charge in [0.05, 0.1) is 0 Å². The minimum atomic E-state index is 0.118. The number of anilines is 1. The molecule has 5 nitrogen and oxygen atoms in total. The van der Waals surface area contributed by atoms with Crippen molar-refractivity contribution >= 4 is 11.7 Å². The number of nitrogens with two attached hydrogens (primary N) is 1. The summed E-state index contributed by atoms with van der Waals surface area (Å²) in [6.45, 7) is 3.17. The Hall–Kier alpha value is -1.36. The van der Waals surface area contributed by atoms with E-state index in [1.165, 1.54) is 0 Å². The molecule has 1 aromatic heterocycles. The summed E-state index contributed by atoms with van der Waals surface area (Å²) in [5.74, 6) is 1.11. The third-order valence-corrected chi connectivity index (χ3v) is 2.51. The predicted octanol–water partition coefficient (Wildman–Crippen LogP) is 0.0297. The number of rotatable bonds is 2. The number of hydrogen-bond donors (Lipinski definition) is 2. The van der Waals surface area contributed by atoms with Crippen LogP contribution in [0.25, 0.3) is 0 Å². The maximum atomic E-state index is 11.6. The van der Waals surface area contributed by atoms with Gasteiger partial charge in [-0.2, -0.15) is 5.10 Å². The molecule has 0 spiro atoms. The van der Waals surface area contributed by atoms with Gasteiger partial charge in [0.2, 0.25) is 5.91 Å². The smallest absolute Gasteiger partial charge is 0.228 e. The summed E-state index contributed by atoms with van der Waals surface area (Å²) in [7, 11) is 0. The number of nitrogens with zero attached hydrogens (tertiary/aromatic N) is 2. The molecule has 0 bridgehead atoms. The Morgan fingerprint density at radius 2 is 2.57 bits per heavy atom. The first-order valence-electron chi connectivity index (χ1n) is 4.73. The fourth-order valence-corrected chi connectivity index (χ4v) is 1.70. The highest BCUT2D eigenvalue weighted by Gasteiger charge is 2.30. The van der Waals surface area contributed by atoms with E-state index >= 15 is 0 Å². The van der Waals surface area contributed by atoms with E-state index in [-0.39, 0.29) is 11.8 Å². The second-order valence-electron chi connectivity index (χ2n) is 3.72. The lowest BCUT2D eigenvalue weighted by molar-refractivity contribution is -0.117. The Balaban J connectivity index is 2.16. The van der Waals surface area contributed by atoms with Gasteiger partial charge in [-0.25, -0.2) is 0 Å². The van der Waals surface area contributed by atoms with Crippen molar-refractivity contribution in [3.8, 4) is 0 Å². The first kappa shape index (κ1) is 9.21. The minimum Gasteiger partial charge on any atom is -0.330 e. The molecule has 1 fully saturated rings. The van der Waals surface area contributed by atoms with Gasteiger partial charge in [0, 0.05) is 24.7 Å². The summed E-state index contributed by atoms with van der Waals surface area (Å²) in [5.41, 5.74) is 6.50. The molecule has 2 rings (SSSR count). The van der Waals surface area contributed by atoms with Crippen LogP contribution in [-0.4, -0.2) is 29.2 Å². The number of aryl methyl sites for hydroxylation is 1. The molecule has 1 saturated heterocycles. The van der Waals surface area contributed by atoms with E-state index in [0.29, 0.717) is 25.3 Å². The lowest BCUT2D eigenvalue weighted by Gasteiger charge is -2.11. The molecular formula is C9H14N4O.